The average molecular weight is 251 g/mol. The molecule has 0 aliphatic heterocycles. The molecule has 0 amide bonds. The number of aromatic nitrogens is 2. The fourth-order valence-corrected chi connectivity index (χ4v) is 2.63. The molecule has 3 unspecified atom stereocenters. The Morgan fingerprint density at radius 2 is 2.22 bits per heavy atom. The van der Waals surface area contributed by atoms with Crippen LogP contribution in [0.1, 0.15) is 39.5 Å². The highest BCUT2D eigenvalue weighted by Gasteiger charge is 2.24. The lowest BCUT2D eigenvalue weighted by atomic mass is 9.80. The van der Waals surface area contributed by atoms with E-state index in [0.29, 0.717) is 11.9 Å². The number of rotatable bonds is 5. The van der Waals surface area contributed by atoms with Crippen molar-refractivity contribution in [2.24, 2.45) is 11.8 Å². The summed E-state index contributed by atoms with van der Waals surface area (Å²) in [5.41, 5.74) is 5.56. The predicted octanol–water partition coefficient (Wildman–Crippen LogP) is 2.70. The molecule has 4 nitrogen and oxygen atoms in total. The maximum atomic E-state index is 5.96. The van der Waals surface area contributed by atoms with Crippen LogP contribution in [-0.4, -0.2) is 22.5 Å². The van der Waals surface area contributed by atoms with Gasteiger partial charge in [-0.15, -0.1) is 0 Å². The second-order valence-corrected chi connectivity index (χ2v) is 5.62. The monoisotopic (exact) mass is 251 g/mol. The summed E-state index contributed by atoms with van der Waals surface area (Å²) >= 11 is 0. The third-order valence-electron chi connectivity index (χ3n) is 4.10. The molecule has 2 rings (SSSR count). The van der Waals surface area contributed by atoms with Crippen LogP contribution in [0.2, 0.25) is 0 Å². The number of hydrogen-bond donors (Lipinski definition) is 1. The molecular weight excluding hydrogens is 226 g/mol. The number of aryl methyl sites for hydroxylation is 1. The van der Waals surface area contributed by atoms with Crippen molar-refractivity contribution in [3.8, 4) is 0 Å². The number of nitrogen functional groups attached to an aromatic ring is 1. The third-order valence-corrected chi connectivity index (χ3v) is 4.10. The number of anilines is 1. The van der Waals surface area contributed by atoms with Crippen LogP contribution in [0.5, 0.6) is 0 Å². The molecular formula is C14H25N3O. The smallest absolute Gasteiger partial charge is 0.145 e. The van der Waals surface area contributed by atoms with E-state index in [1.54, 1.807) is 0 Å². The van der Waals surface area contributed by atoms with Gasteiger partial charge in [0.25, 0.3) is 0 Å². The Labute approximate surface area is 110 Å². The summed E-state index contributed by atoms with van der Waals surface area (Å²) < 4.78 is 7.84. The van der Waals surface area contributed by atoms with E-state index in [1.165, 1.54) is 19.3 Å². The minimum Gasteiger partial charge on any atom is -0.382 e. The topological polar surface area (TPSA) is 53.1 Å². The van der Waals surface area contributed by atoms with E-state index in [2.05, 4.69) is 18.9 Å². The second-order valence-electron chi connectivity index (χ2n) is 5.62. The van der Waals surface area contributed by atoms with E-state index >= 15 is 0 Å². The molecule has 1 aromatic rings. The van der Waals surface area contributed by atoms with Gasteiger partial charge >= 0.3 is 0 Å². The molecule has 4 heteroatoms. The predicted molar refractivity (Wildman–Crippen MR) is 73.2 cm³/mol. The lowest BCUT2D eigenvalue weighted by Crippen LogP contribution is -2.27. The van der Waals surface area contributed by atoms with E-state index in [1.807, 2.05) is 16.9 Å². The van der Waals surface area contributed by atoms with E-state index < -0.39 is 0 Å². The molecule has 1 saturated carbocycles. The lowest BCUT2D eigenvalue weighted by molar-refractivity contribution is 0.000315. The van der Waals surface area contributed by atoms with Crippen LogP contribution in [0.25, 0.3) is 0 Å². The molecule has 102 valence electrons. The zero-order valence-electron chi connectivity index (χ0n) is 11.5. The van der Waals surface area contributed by atoms with Crippen LogP contribution in [-0.2, 0) is 11.3 Å². The van der Waals surface area contributed by atoms with Crippen molar-refractivity contribution in [2.75, 3.05) is 12.3 Å². The van der Waals surface area contributed by atoms with Crippen molar-refractivity contribution in [2.45, 2.75) is 52.2 Å². The first-order valence-corrected chi connectivity index (χ1v) is 7.05. The zero-order chi connectivity index (χ0) is 13.0. The van der Waals surface area contributed by atoms with Gasteiger partial charge in [-0.2, -0.15) is 5.10 Å². The standard InChI is InChI=1S/C14H25N3O/c1-11-4-5-13(10-12(11)2)18-9-3-7-17-8-6-14(15)16-17/h6,8,11-13H,3-5,7,9-10H2,1-2H3,(H2,15,16). The van der Waals surface area contributed by atoms with E-state index in [9.17, 15) is 0 Å². The molecule has 1 aliphatic carbocycles. The van der Waals surface area contributed by atoms with E-state index in [-0.39, 0.29) is 0 Å². The zero-order valence-corrected chi connectivity index (χ0v) is 11.5. The Morgan fingerprint density at radius 1 is 1.39 bits per heavy atom. The highest BCUT2D eigenvalue weighted by Crippen LogP contribution is 2.30. The number of hydrogen-bond acceptors (Lipinski definition) is 3. The molecule has 1 aliphatic rings. The molecule has 0 saturated heterocycles. The molecule has 1 aromatic heterocycles. The summed E-state index contributed by atoms with van der Waals surface area (Å²) in [6.07, 6.45) is 7.14. The molecule has 1 heterocycles. The first kappa shape index (κ1) is 13.4. The fourth-order valence-electron chi connectivity index (χ4n) is 2.63. The molecule has 1 fully saturated rings. The molecule has 0 radical (unpaired) electrons. The van der Waals surface area contributed by atoms with Crippen molar-refractivity contribution >= 4 is 5.82 Å². The number of ether oxygens (including phenoxy) is 1. The highest BCUT2D eigenvalue weighted by molar-refractivity contribution is 5.23. The summed E-state index contributed by atoms with van der Waals surface area (Å²) in [6.45, 7) is 6.40. The van der Waals surface area contributed by atoms with Gasteiger partial charge in [-0.3, -0.25) is 4.68 Å². The van der Waals surface area contributed by atoms with Crippen molar-refractivity contribution in [3.63, 3.8) is 0 Å². The number of nitrogens with two attached hydrogens (primary N) is 1. The quantitative estimate of drug-likeness (QED) is 0.819. The minimum absolute atomic E-state index is 0.471. The fraction of sp³-hybridized carbons (Fsp3) is 0.786. The van der Waals surface area contributed by atoms with Crippen LogP contribution in [0.15, 0.2) is 12.3 Å². The Kier molecular flexibility index (Phi) is 4.64. The Bertz CT molecular complexity index is 364. The minimum atomic E-state index is 0.471. The summed E-state index contributed by atoms with van der Waals surface area (Å²) in [5, 5.41) is 4.16. The average Bonchev–Trinajstić information content (AvgIpc) is 2.75. The van der Waals surface area contributed by atoms with Gasteiger partial charge in [-0.25, -0.2) is 0 Å². The maximum absolute atomic E-state index is 5.96. The summed E-state index contributed by atoms with van der Waals surface area (Å²) in [6, 6.07) is 1.82. The van der Waals surface area contributed by atoms with Gasteiger partial charge < -0.3 is 10.5 Å². The van der Waals surface area contributed by atoms with Crippen molar-refractivity contribution in [1.29, 1.82) is 0 Å². The molecule has 0 spiro atoms. The first-order valence-electron chi connectivity index (χ1n) is 7.05. The van der Waals surface area contributed by atoms with Gasteiger partial charge in [0, 0.05) is 19.3 Å². The summed E-state index contributed by atoms with van der Waals surface area (Å²) in [4.78, 5) is 0. The largest absolute Gasteiger partial charge is 0.382 e. The van der Waals surface area contributed by atoms with Gasteiger partial charge in [-0.05, 0) is 43.6 Å². The molecule has 18 heavy (non-hydrogen) atoms. The Hall–Kier alpha value is -1.03. The SMILES string of the molecule is CC1CCC(OCCCn2ccc(N)n2)CC1C. The lowest BCUT2D eigenvalue weighted by Gasteiger charge is -2.31. The molecule has 3 atom stereocenters. The van der Waals surface area contributed by atoms with Gasteiger partial charge in [0.1, 0.15) is 5.82 Å². The van der Waals surface area contributed by atoms with Crippen molar-refractivity contribution in [1.82, 2.24) is 9.78 Å². The van der Waals surface area contributed by atoms with Gasteiger partial charge in [0.2, 0.25) is 0 Å². The highest BCUT2D eigenvalue weighted by atomic mass is 16.5. The van der Waals surface area contributed by atoms with Gasteiger partial charge in [0.05, 0.1) is 6.10 Å². The molecule has 2 N–H and O–H groups in total. The summed E-state index contributed by atoms with van der Waals surface area (Å²) in [7, 11) is 0. The van der Waals surface area contributed by atoms with Crippen LogP contribution >= 0.6 is 0 Å². The maximum Gasteiger partial charge on any atom is 0.145 e. The second kappa shape index (κ2) is 6.23. The van der Waals surface area contributed by atoms with Crippen molar-refractivity contribution < 1.29 is 4.74 Å². The van der Waals surface area contributed by atoms with E-state index in [4.69, 9.17) is 10.5 Å². The summed E-state index contributed by atoms with van der Waals surface area (Å²) in [5.74, 6) is 2.25. The normalized spacial score (nSPS) is 28.4. The van der Waals surface area contributed by atoms with E-state index in [0.717, 1.165) is 31.4 Å². The Morgan fingerprint density at radius 3 is 2.89 bits per heavy atom. The molecule has 0 bridgehead atoms. The molecule has 0 aromatic carbocycles. The van der Waals surface area contributed by atoms with Gasteiger partial charge in [0.15, 0.2) is 0 Å². The third kappa shape index (κ3) is 3.73. The van der Waals surface area contributed by atoms with Crippen LogP contribution < -0.4 is 5.73 Å². The van der Waals surface area contributed by atoms with Crippen LogP contribution in [0.4, 0.5) is 5.82 Å². The van der Waals surface area contributed by atoms with Crippen molar-refractivity contribution in [3.05, 3.63) is 12.3 Å². The Balaban J connectivity index is 1.61. The van der Waals surface area contributed by atoms with Crippen LogP contribution in [0, 0.1) is 11.8 Å². The van der Waals surface area contributed by atoms with Crippen LogP contribution in [0.3, 0.4) is 0 Å². The first-order chi connectivity index (χ1) is 8.65. The number of nitrogens with zero attached hydrogens (tertiary/aromatic N) is 2. The van der Waals surface area contributed by atoms with Gasteiger partial charge in [-0.1, -0.05) is 13.8 Å².